The van der Waals surface area contributed by atoms with Gasteiger partial charge in [-0.05, 0) is 13.3 Å². The Morgan fingerprint density at radius 1 is 1.50 bits per heavy atom. The molecule has 20 heavy (non-hydrogen) atoms. The molecule has 1 amide bonds. The predicted molar refractivity (Wildman–Crippen MR) is 78.6 cm³/mol. The molecular weight excluding hydrogens is 278 g/mol. The number of rotatable bonds is 6. The van der Waals surface area contributed by atoms with Crippen LogP contribution in [0.4, 0.5) is 0 Å². The molecule has 0 bridgehead atoms. The molecule has 2 heterocycles. The Kier molecular flexibility index (Phi) is 4.32. The predicted octanol–water partition coefficient (Wildman–Crippen LogP) is 1.90. The van der Waals surface area contributed by atoms with Gasteiger partial charge in [-0.1, -0.05) is 13.3 Å². The van der Waals surface area contributed by atoms with Crippen molar-refractivity contribution in [3.05, 3.63) is 11.5 Å². The van der Waals surface area contributed by atoms with E-state index in [0.29, 0.717) is 5.88 Å². The summed E-state index contributed by atoms with van der Waals surface area (Å²) in [5, 5.41) is 4.51. The van der Waals surface area contributed by atoms with Crippen LogP contribution in [0.15, 0.2) is 0 Å². The summed E-state index contributed by atoms with van der Waals surface area (Å²) < 4.78 is 3.78. The van der Waals surface area contributed by atoms with E-state index in [0.717, 1.165) is 35.5 Å². The second kappa shape index (κ2) is 5.83. The maximum absolute atomic E-state index is 11.2. The van der Waals surface area contributed by atoms with E-state index in [1.165, 1.54) is 0 Å². The molecule has 2 rings (SSSR count). The summed E-state index contributed by atoms with van der Waals surface area (Å²) in [6.07, 6.45) is 2.13. The van der Waals surface area contributed by atoms with E-state index in [-0.39, 0.29) is 18.4 Å². The van der Waals surface area contributed by atoms with Gasteiger partial charge in [0.25, 0.3) is 0 Å². The fourth-order valence-corrected chi connectivity index (χ4v) is 2.78. The highest BCUT2D eigenvalue weighted by Crippen LogP contribution is 2.26. The highest BCUT2D eigenvalue weighted by molar-refractivity contribution is 6.16. The lowest BCUT2D eigenvalue weighted by atomic mass is 10.2. The van der Waals surface area contributed by atoms with Gasteiger partial charge in [-0.25, -0.2) is 4.98 Å². The zero-order valence-corrected chi connectivity index (χ0v) is 12.8. The molecule has 0 saturated heterocycles. The van der Waals surface area contributed by atoms with Crippen molar-refractivity contribution < 1.29 is 4.79 Å². The van der Waals surface area contributed by atoms with Crippen LogP contribution in [0.1, 0.15) is 44.2 Å². The third-order valence-corrected chi connectivity index (χ3v) is 3.59. The Bertz CT molecular complexity index is 630. The van der Waals surface area contributed by atoms with Gasteiger partial charge in [-0.15, -0.1) is 11.6 Å². The average Bonchev–Trinajstić information content (AvgIpc) is 2.88. The molecule has 1 atom stereocenters. The van der Waals surface area contributed by atoms with Crippen LogP contribution in [0.3, 0.4) is 0 Å². The number of carbonyl (C=O) groups is 1. The molecule has 6 nitrogen and oxygen atoms in total. The van der Waals surface area contributed by atoms with Crippen LogP contribution in [0.2, 0.25) is 0 Å². The lowest BCUT2D eigenvalue weighted by Gasteiger charge is -2.15. The number of halogens is 1. The summed E-state index contributed by atoms with van der Waals surface area (Å²) in [5.74, 6) is 0.708. The molecule has 2 aromatic heterocycles. The number of aromatic nitrogens is 4. The van der Waals surface area contributed by atoms with Crippen molar-refractivity contribution in [1.29, 1.82) is 0 Å². The van der Waals surface area contributed by atoms with Crippen molar-refractivity contribution in [3.63, 3.8) is 0 Å². The normalized spacial score (nSPS) is 13.0. The molecule has 2 N–H and O–H groups in total. The van der Waals surface area contributed by atoms with Crippen LogP contribution >= 0.6 is 11.6 Å². The topological polar surface area (TPSA) is 78.7 Å². The lowest BCUT2D eigenvalue weighted by Crippen LogP contribution is -2.19. The van der Waals surface area contributed by atoms with Gasteiger partial charge in [0.1, 0.15) is 11.3 Å². The molecule has 0 radical (unpaired) electrons. The minimum absolute atomic E-state index is 0.0869. The molecule has 0 saturated carbocycles. The summed E-state index contributed by atoms with van der Waals surface area (Å²) in [6.45, 7) is 4.05. The van der Waals surface area contributed by atoms with Gasteiger partial charge in [0.2, 0.25) is 5.91 Å². The minimum atomic E-state index is -0.337. The van der Waals surface area contributed by atoms with Crippen LogP contribution in [0, 0.1) is 0 Å². The molecular formula is C13H20ClN5O. The highest BCUT2D eigenvalue weighted by atomic mass is 35.5. The molecule has 7 heteroatoms. The number of carbonyl (C=O) groups excluding carboxylic acids is 1. The van der Waals surface area contributed by atoms with E-state index in [9.17, 15) is 4.79 Å². The number of aryl methyl sites for hydroxylation is 2. The number of alkyl halides is 1. The summed E-state index contributed by atoms with van der Waals surface area (Å²) in [4.78, 5) is 15.8. The Morgan fingerprint density at radius 3 is 2.75 bits per heavy atom. The Labute approximate surface area is 122 Å². The Morgan fingerprint density at radius 2 is 2.20 bits per heavy atom. The van der Waals surface area contributed by atoms with Gasteiger partial charge in [-0.2, -0.15) is 5.10 Å². The first-order valence-corrected chi connectivity index (χ1v) is 7.30. The number of imidazole rings is 1. The van der Waals surface area contributed by atoms with Gasteiger partial charge >= 0.3 is 0 Å². The van der Waals surface area contributed by atoms with E-state index in [1.807, 2.05) is 18.5 Å². The SMILES string of the molecule is CCCc1nn(C)c2c1nc(CCl)n2C(C)CC(N)=O. The monoisotopic (exact) mass is 297 g/mol. The molecule has 110 valence electrons. The van der Waals surface area contributed by atoms with Gasteiger partial charge in [0, 0.05) is 19.5 Å². The van der Waals surface area contributed by atoms with E-state index in [2.05, 4.69) is 17.0 Å². The van der Waals surface area contributed by atoms with Crippen molar-refractivity contribution in [1.82, 2.24) is 19.3 Å². The molecule has 1 unspecified atom stereocenters. The van der Waals surface area contributed by atoms with E-state index in [1.54, 1.807) is 4.68 Å². The maximum atomic E-state index is 11.2. The average molecular weight is 298 g/mol. The van der Waals surface area contributed by atoms with Crippen molar-refractivity contribution in [2.24, 2.45) is 12.8 Å². The number of primary amides is 1. The molecule has 0 fully saturated rings. The number of amides is 1. The van der Waals surface area contributed by atoms with Crippen LogP contribution < -0.4 is 5.73 Å². The molecule has 2 aromatic rings. The van der Waals surface area contributed by atoms with Crippen molar-refractivity contribution >= 4 is 28.7 Å². The van der Waals surface area contributed by atoms with Gasteiger partial charge in [0.15, 0.2) is 5.65 Å². The smallest absolute Gasteiger partial charge is 0.219 e. The van der Waals surface area contributed by atoms with Crippen molar-refractivity contribution in [3.8, 4) is 0 Å². The quantitative estimate of drug-likeness (QED) is 0.827. The van der Waals surface area contributed by atoms with E-state index in [4.69, 9.17) is 17.3 Å². The Hall–Kier alpha value is -1.56. The zero-order valence-electron chi connectivity index (χ0n) is 12.1. The molecule has 0 aromatic carbocycles. The first-order chi connectivity index (χ1) is 9.49. The summed E-state index contributed by atoms with van der Waals surface area (Å²) in [6, 6.07) is -0.0869. The number of nitrogens with two attached hydrogens (primary N) is 1. The fourth-order valence-electron chi connectivity index (χ4n) is 2.59. The van der Waals surface area contributed by atoms with E-state index >= 15 is 0 Å². The lowest BCUT2D eigenvalue weighted by molar-refractivity contribution is -0.118. The van der Waals surface area contributed by atoms with Crippen molar-refractivity contribution in [2.75, 3.05) is 0 Å². The molecule has 0 aliphatic heterocycles. The molecule has 0 aliphatic rings. The highest BCUT2D eigenvalue weighted by Gasteiger charge is 2.22. The number of nitrogens with zero attached hydrogens (tertiary/aromatic N) is 4. The second-order valence-corrected chi connectivity index (χ2v) is 5.31. The molecule has 0 aliphatic carbocycles. The number of hydrogen-bond acceptors (Lipinski definition) is 3. The number of fused-ring (bicyclic) bond motifs is 1. The fraction of sp³-hybridized carbons (Fsp3) is 0.615. The van der Waals surface area contributed by atoms with Crippen LogP contribution in [-0.4, -0.2) is 25.2 Å². The second-order valence-electron chi connectivity index (χ2n) is 5.04. The largest absolute Gasteiger partial charge is 0.370 e. The van der Waals surface area contributed by atoms with Gasteiger partial charge < -0.3 is 10.3 Å². The van der Waals surface area contributed by atoms with Crippen LogP contribution in [-0.2, 0) is 24.1 Å². The first-order valence-electron chi connectivity index (χ1n) is 6.76. The van der Waals surface area contributed by atoms with Crippen molar-refractivity contribution in [2.45, 2.75) is 45.0 Å². The zero-order chi connectivity index (χ0) is 14.9. The summed E-state index contributed by atoms with van der Waals surface area (Å²) in [5.41, 5.74) is 8.05. The Balaban J connectivity index is 2.59. The number of hydrogen-bond donors (Lipinski definition) is 1. The van der Waals surface area contributed by atoms with E-state index < -0.39 is 0 Å². The third kappa shape index (κ3) is 2.52. The van der Waals surface area contributed by atoms with Crippen LogP contribution in [0.25, 0.3) is 11.2 Å². The summed E-state index contributed by atoms with van der Waals surface area (Å²) >= 11 is 5.99. The molecule has 0 spiro atoms. The van der Waals surface area contributed by atoms with Crippen LogP contribution in [0.5, 0.6) is 0 Å². The minimum Gasteiger partial charge on any atom is -0.370 e. The maximum Gasteiger partial charge on any atom is 0.219 e. The van der Waals surface area contributed by atoms with Gasteiger partial charge in [0.05, 0.1) is 11.6 Å². The first kappa shape index (κ1) is 14.8. The van der Waals surface area contributed by atoms with Gasteiger partial charge in [-0.3, -0.25) is 9.48 Å². The standard InChI is InChI=1S/C13H20ClN5O/c1-4-5-9-12-13(18(3)17-9)19(11(7-14)16-12)8(2)6-10(15)20/h8H,4-7H2,1-3H3,(H2,15,20). The third-order valence-electron chi connectivity index (χ3n) is 3.35. The summed E-state index contributed by atoms with van der Waals surface area (Å²) in [7, 11) is 1.88.